The highest BCUT2D eigenvalue weighted by atomic mass is 15.2. The van der Waals surface area contributed by atoms with E-state index in [-0.39, 0.29) is 6.04 Å². The summed E-state index contributed by atoms with van der Waals surface area (Å²) in [5, 5.41) is 0. The summed E-state index contributed by atoms with van der Waals surface area (Å²) < 4.78 is 0. The molecule has 2 N–H and O–H groups in total. The predicted octanol–water partition coefficient (Wildman–Crippen LogP) is 2.72. The minimum Gasteiger partial charge on any atom is -0.323 e. The molecular formula is C18H31N3. The highest BCUT2D eigenvalue weighted by molar-refractivity contribution is 5.32. The first-order valence-electron chi connectivity index (χ1n) is 8.26. The summed E-state index contributed by atoms with van der Waals surface area (Å²) in [5.41, 5.74) is 10.4. The summed E-state index contributed by atoms with van der Waals surface area (Å²) in [7, 11) is 2.23. The summed E-state index contributed by atoms with van der Waals surface area (Å²) >= 11 is 0. The zero-order valence-corrected chi connectivity index (χ0v) is 14.1. The summed E-state index contributed by atoms with van der Waals surface area (Å²) in [5.74, 6) is 0. The Morgan fingerprint density at radius 1 is 1.29 bits per heavy atom. The third-order valence-corrected chi connectivity index (χ3v) is 4.94. The van der Waals surface area contributed by atoms with Crippen LogP contribution in [0.1, 0.15) is 42.5 Å². The van der Waals surface area contributed by atoms with Gasteiger partial charge in [-0.15, -0.1) is 0 Å². The van der Waals surface area contributed by atoms with Gasteiger partial charge >= 0.3 is 0 Å². The lowest BCUT2D eigenvalue weighted by atomic mass is 9.98. The maximum absolute atomic E-state index is 6.45. The van der Waals surface area contributed by atoms with Crippen LogP contribution >= 0.6 is 0 Å². The molecule has 2 rings (SSSR count). The lowest BCUT2D eigenvalue weighted by Crippen LogP contribution is -2.45. The molecule has 1 aliphatic heterocycles. The fourth-order valence-corrected chi connectivity index (χ4v) is 3.48. The third kappa shape index (κ3) is 4.29. The number of likely N-dealkylation sites (N-methyl/N-ethyl adjacent to an activating group) is 1. The summed E-state index contributed by atoms with van der Waals surface area (Å²) in [6.07, 6.45) is 2.54. The van der Waals surface area contributed by atoms with E-state index in [0.717, 1.165) is 6.54 Å². The average molecular weight is 289 g/mol. The molecular weight excluding hydrogens is 258 g/mol. The molecule has 3 heteroatoms. The van der Waals surface area contributed by atoms with Gasteiger partial charge in [-0.2, -0.15) is 0 Å². The van der Waals surface area contributed by atoms with E-state index in [4.69, 9.17) is 5.73 Å². The Morgan fingerprint density at radius 2 is 1.95 bits per heavy atom. The Balaban J connectivity index is 1.91. The molecule has 1 fully saturated rings. The molecule has 1 atom stereocenters. The van der Waals surface area contributed by atoms with Crippen LogP contribution < -0.4 is 5.73 Å². The van der Waals surface area contributed by atoms with Gasteiger partial charge in [-0.1, -0.05) is 30.7 Å². The van der Waals surface area contributed by atoms with Crippen molar-refractivity contribution in [1.82, 2.24) is 9.80 Å². The fourth-order valence-electron chi connectivity index (χ4n) is 3.48. The highest BCUT2D eigenvalue weighted by Gasteiger charge is 2.23. The topological polar surface area (TPSA) is 32.5 Å². The molecule has 118 valence electrons. The average Bonchev–Trinajstić information content (AvgIpc) is 2.47. The van der Waals surface area contributed by atoms with Crippen LogP contribution in [0.5, 0.6) is 0 Å². The van der Waals surface area contributed by atoms with Crippen molar-refractivity contribution < 1.29 is 0 Å². The molecule has 0 bridgehead atoms. The molecule has 1 unspecified atom stereocenters. The van der Waals surface area contributed by atoms with Gasteiger partial charge in [-0.3, -0.25) is 0 Å². The van der Waals surface area contributed by atoms with Crippen LogP contribution in [0.25, 0.3) is 0 Å². The number of aryl methyl sites for hydroxylation is 2. The van der Waals surface area contributed by atoms with Gasteiger partial charge in [0.2, 0.25) is 0 Å². The van der Waals surface area contributed by atoms with Crippen molar-refractivity contribution in [3.63, 3.8) is 0 Å². The molecule has 0 aromatic heterocycles. The number of likely N-dealkylation sites (tertiary alicyclic amines) is 1. The molecule has 0 amide bonds. The van der Waals surface area contributed by atoms with Crippen molar-refractivity contribution in [2.75, 3.05) is 33.2 Å². The lowest BCUT2D eigenvalue weighted by molar-refractivity contribution is 0.127. The van der Waals surface area contributed by atoms with E-state index in [9.17, 15) is 0 Å². The first kappa shape index (κ1) is 16.5. The van der Waals surface area contributed by atoms with Crippen LogP contribution in [0.2, 0.25) is 0 Å². The Hall–Kier alpha value is -0.900. The number of hydrogen-bond acceptors (Lipinski definition) is 3. The quantitative estimate of drug-likeness (QED) is 0.904. The minimum absolute atomic E-state index is 0.111. The summed E-state index contributed by atoms with van der Waals surface area (Å²) in [4.78, 5) is 5.01. The molecule has 0 radical (unpaired) electrons. The second-order valence-electron chi connectivity index (χ2n) is 6.57. The molecule has 1 heterocycles. The Bertz CT molecular complexity index is 450. The summed E-state index contributed by atoms with van der Waals surface area (Å²) in [6.45, 7) is 11.1. The first-order chi connectivity index (χ1) is 10.0. The van der Waals surface area contributed by atoms with Gasteiger partial charge in [0.15, 0.2) is 0 Å². The number of nitrogens with zero attached hydrogens (tertiary/aromatic N) is 2. The Morgan fingerprint density at radius 3 is 2.52 bits per heavy atom. The van der Waals surface area contributed by atoms with Gasteiger partial charge in [-0.05, 0) is 64.5 Å². The number of hydrogen-bond donors (Lipinski definition) is 1. The van der Waals surface area contributed by atoms with Crippen molar-refractivity contribution in [2.45, 2.75) is 45.7 Å². The standard InChI is InChI=1S/C18H31N3/c1-5-21-10-8-16(9-11-21)20(4)13-18(19)17-7-6-14(2)12-15(17)3/h6-7,12,16,18H,5,8-11,13,19H2,1-4H3. The van der Waals surface area contributed by atoms with Crippen LogP contribution in [0.3, 0.4) is 0 Å². The molecule has 0 aliphatic carbocycles. The molecule has 1 saturated heterocycles. The van der Waals surface area contributed by atoms with E-state index in [1.54, 1.807) is 0 Å². The van der Waals surface area contributed by atoms with Crippen LogP contribution in [0, 0.1) is 13.8 Å². The first-order valence-corrected chi connectivity index (χ1v) is 8.26. The Kier molecular flexibility index (Phi) is 5.80. The normalized spacial score (nSPS) is 19.1. The van der Waals surface area contributed by atoms with E-state index in [1.807, 2.05) is 0 Å². The van der Waals surface area contributed by atoms with Crippen molar-refractivity contribution in [3.05, 3.63) is 34.9 Å². The number of benzene rings is 1. The number of rotatable bonds is 5. The van der Waals surface area contributed by atoms with Gasteiger partial charge in [0.05, 0.1) is 0 Å². The minimum atomic E-state index is 0.111. The van der Waals surface area contributed by atoms with Crippen molar-refractivity contribution >= 4 is 0 Å². The van der Waals surface area contributed by atoms with Crippen LogP contribution in [0.15, 0.2) is 18.2 Å². The second-order valence-corrected chi connectivity index (χ2v) is 6.57. The van der Waals surface area contributed by atoms with Crippen molar-refractivity contribution in [1.29, 1.82) is 0 Å². The zero-order valence-electron chi connectivity index (χ0n) is 14.1. The van der Waals surface area contributed by atoms with Crippen LogP contribution in [-0.4, -0.2) is 49.1 Å². The molecule has 1 aromatic rings. The second kappa shape index (κ2) is 7.39. The molecule has 1 aliphatic rings. The largest absolute Gasteiger partial charge is 0.323 e. The molecule has 0 saturated carbocycles. The van der Waals surface area contributed by atoms with E-state index in [0.29, 0.717) is 6.04 Å². The van der Waals surface area contributed by atoms with E-state index in [2.05, 4.69) is 55.8 Å². The highest BCUT2D eigenvalue weighted by Crippen LogP contribution is 2.21. The molecule has 21 heavy (non-hydrogen) atoms. The van der Waals surface area contributed by atoms with Gasteiger partial charge < -0.3 is 15.5 Å². The van der Waals surface area contributed by atoms with Crippen molar-refractivity contribution in [2.24, 2.45) is 5.73 Å². The molecule has 0 spiro atoms. The van der Waals surface area contributed by atoms with Crippen LogP contribution in [-0.2, 0) is 0 Å². The SMILES string of the molecule is CCN1CCC(N(C)CC(N)c2ccc(C)cc2C)CC1. The maximum Gasteiger partial charge on any atom is 0.0426 e. The van der Waals surface area contributed by atoms with Gasteiger partial charge in [0.1, 0.15) is 0 Å². The molecule has 1 aromatic carbocycles. The predicted molar refractivity (Wildman–Crippen MR) is 90.6 cm³/mol. The molecule has 3 nitrogen and oxygen atoms in total. The number of piperidine rings is 1. The smallest absolute Gasteiger partial charge is 0.0426 e. The van der Waals surface area contributed by atoms with Gasteiger partial charge in [0, 0.05) is 18.6 Å². The van der Waals surface area contributed by atoms with Gasteiger partial charge in [0.25, 0.3) is 0 Å². The van der Waals surface area contributed by atoms with Crippen LogP contribution in [0.4, 0.5) is 0 Å². The monoisotopic (exact) mass is 289 g/mol. The van der Waals surface area contributed by atoms with E-state index >= 15 is 0 Å². The van der Waals surface area contributed by atoms with Crippen molar-refractivity contribution in [3.8, 4) is 0 Å². The zero-order chi connectivity index (χ0) is 15.4. The van der Waals surface area contributed by atoms with E-state index < -0.39 is 0 Å². The third-order valence-electron chi connectivity index (χ3n) is 4.94. The lowest BCUT2D eigenvalue weighted by Gasteiger charge is -2.37. The fraction of sp³-hybridized carbons (Fsp3) is 0.667. The summed E-state index contributed by atoms with van der Waals surface area (Å²) in [6, 6.07) is 7.39. The number of nitrogens with two attached hydrogens (primary N) is 1. The Labute approximate surface area is 130 Å². The maximum atomic E-state index is 6.45. The van der Waals surface area contributed by atoms with E-state index in [1.165, 1.54) is 49.2 Å². The van der Waals surface area contributed by atoms with Gasteiger partial charge in [-0.25, -0.2) is 0 Å².